The summed E-state index contributed by atoms with van der Waals surface area (Å²) in [5.41, 5.74) is 2.24. The topological polar surface area (TPSA) is 199 Å². The van der Waals surface area contributed by atoms with Gasteiger partial charge >= 0.3 is 29.0 Å². The van der Waals surface area contributed by atoms with Crippen molar-refractivity contribution in [3.05, 3.63) is 47.4 Å². The van der Waals surface area contributed by atoms with E-state index in [1.165, 1.54) is 19.2 Å². The molecular formula is C25H32FMgN3O10S2. The Bertz CT molecular complexity index is 1480. The third-order valence-electron chi connectivity index (χ3n) is 5.67. The number of hydrogen-bond acceptors (Lipinski definition) is 11. The molecule has 1 N–H and O–H groups in total. The average molecular weight is 642 g/mol. The van der Waals surface area contributed by atoms with E-state index in [1.54, 1.807) is 38.1 Å². The van der Waals surface area contributed by atoms with Gasteiger partial charge in [0.2, 0.25) is 16.0 Å². The second-order valence-corrected chi connectivity index (χ2v) is 12.8. The van der Waals surface area contributed by atoms with Crippen LogP contribution in [0.2, 0.25) is 0 Å². The van der Waals surface area contributed by atoms with E-state index in [9.17, 15) is 22.7 Å². The van der Waals surface area contributed by atoms with Crippen LogP contribution < -0.4 is 4.31 Å². The number of carbonyl (C=O) groups is 1. The molecule has 42 heavy (non-hydrogen) atoms. The molecule has 17 heteroatoms. The van der Waals surface area contributed by atoms with Gasteiger partial charge in [0.1, 0.15) is 5.82 Å². The first-order valence-corrected chi connectivity index (χ1v) is 15.4. The van der Waals surface area contributed by atoms with Gasteiger partial charge in [0.15, 0.2) is 5.79 Å². The molecule has 2 atom stereocenters. The van der Waals surface area contributed by atoms with E-state index in [-0.39, 0.29) is 41.3 Å². The molecule has 0 amide bonds. The Balaban J connectivity index is 0.00000135. The zero-order valence-electron chi connectivity index (χ0n) is 24.0. The van der Waals surface area contributed by atoms with Gasteiger partial charge in [-0.1, -0.05) is 26.0 Å². The number of halogens is 1. The molecule has 1 aromatic carbocycles. The smallest absolute Gasteiger partial charge is 0.759 e. The van der Waals surface area contributed by atoms with Crippen molar-refractivity contribution in [2.75, 3.05) is 17.6 Å². The molecule has 1 fully saturated rings. The van der Waals surface area contributed by atoms with E-state index in [2.05, 4.69) is 9.97 Å². The van der Waals surface area contributed by atoms with Gasteiger partial charge in [-0.15, -0.1) is 0 Å². The number of nitrogens with zero attached hydrogens (tertiary/aromatic N) is 3. The SMILES string of the molecule is CC(C)c1nc(N(C)S(C)(=O)=O)nc(-c2ccc(F)cc2)c1/C=C/[C@@H]1C[C@H](CC(=O)O)OC(C)(C)O1.O=S(=O)([O-])[O-].[Mg+2]. The Morgan fingerprint density at radius 1 is 1.17 bits per heavy atom. The molecule has 2 heterocycles. The summed E-state index contributed by atoms with van der Waals surface area (Å²) in [6.45, 7) is 7.30. The number of hydrogen-bond donors (Lipinski definition) is 1. The fourth-order valence-corrected chi connectivity index (χ4v) is 4.36. The predicted octanol–water partition coefficient (Wildman–Crippen LogP) is 2.48. The van der Waals surface area contributed by atoms with Crippen LogP contribution in [0.15, 0.2) is 30.3 Å². The third-order valence-corrected chi connectivity index (χ3v) is 6.83. The number of anilines is 1. The average Bonchev–Trinajstić information content (AvgIpc) is 2.79. The van der Waals surface area contributed by atoms with Crippen molar-refractivity contribution in [3.63, 3.8) is 0 Å². The van der Waals surface area contributed by atoms with Crippen molar-refractivity contribution in [1.82, 2.24) is 9.97 Å². The van der Waals surface area contributed by atoms with Crippen LogP contribution in [0.4, 0.5) is 10.3 Å². The zero-order chi connectivity index (χ0) is 31.3. The first-order chi connectivity index (χ1) is 18.7. The van der Waals surface area contributed by atoms with E-state index < -0.39 is 50.2 Å². The molecule has 0 saturated carbocycles. The summed E-state index contributed by atoms with van der Waals surface area (Å²) >= 11 is 0. The van der Waals surface area contributed by atoms with Crippen LogP contribution in [0, 0.1) is 5.82 Å². The Kier molecular flexibility index (Phi) is 13.5. The minimum atomic E-state index is -5.17. The second-order valence-electron chi connectivity index (χ2n) is 9.96. The zero-order valence-corrected chi connectivity index (χ0v) is 27.0. The van der Waals surface area contributed by atoms with Gasteiger partial charge in [-0.25, -0.2) is 27.1 Å². The van der Waals surface area contributed by atoms with Crippen LogP contribution in [-0.2, 0) is 34.7 Å². The fourth-order valence-electron chi connectivity index (χ4n) is 3.99. The van der Waals surface area contributed by atoms with Crippen molar-refractivity contribution in [2.45, 2.75) is 64.4 Å². The first kappa shape index (κ1) is 37.8. The largest absolute Gasteiger partial charge is 2.00 e. The van der Waals surface area contributed by atoms with E-state index in [1.807, 2.05) is 13.8 Å². The summed E-state index contributed by atoms with van der Waals surface area (Å²) in [5.74, 6) is -2.45. The van der Waals surface area contributed by atoms with Crippen molar-refractivity contribution in [2.24, 2.45) is 0 Å². The van der Waals surface area contributed by atoms with Gasteiger partial charge in [0, 0.05) is 35.0 Å². The minimum absolute atomic E-state index is 0. The minimum Gasteiger partial charge on any atom is -0.759 e. The van der Waals surface area contributed by atoms with Crippen molar-refractivity contribution >= 4 is 61.5 Å². The van der Waals surface area contributed by atoms with Gasteiger partial charge in [0.25, 0.3) is 0 Å². The maximum absolute atomic E-state index is 13.7. The molecule has 0 aliphatic carbocycles. The molecule has 0 radical (unpaired) electrons. The molecule has 0 unspecified atom stereocenters. The number of sulfonamides is 1. The normalized spacial score (nSPS) is 18.6. The number of carboxylic acids is 1. The van der Waals surface area contributed by atoms with E-state index in [0.29, 0.717) is 28.9 Å². The molecule has 228 valence electrons. The summed E-state index contributed by atoms with van der Waals surface area (Å²) in [6.07, 6.45) is 3.88. The van der Waals surface area contributed by atoms with E-state index in [4.69, 9.17) is 27.0 Å². The predicted molar refractivity (Wildman–Crippen MR) is 151 cm³/mol. The van der Waals surface area contributed by atoms with E-state index >= 15 is 0 Å². The van der Waals surface area contributed by atoms with Gasteiger partial charge in [0.05, 0.1) is 36.3 Å². The van der Waals surface area contributed by atoms with Crippen LogP contribution in [-0.4, -0.2) is 101 Å². The standard InChI is InChI=1S/C25H32FN3O6S.Mg.H2O4S/c1-15(2)22-20(12-11-18-13-19(14-21(30)31)35-25(3,4)34-18)23(16-7-9-17(26)10-8-16)28-24(27-22)29(5)36(6,32)33;;1-5(2,3)4/h7-12,15,18-19H,13-14H2,1-6H3,(H,30,31);;(H2,1,2,3,4)/q;+2;/p-2/b12-11+;;/t18-,19-;;/m1../s1. The third kappa shape index (κ3) is 12.2. The first-order valence-electron chi connectivity index (χ1n) is 12.2. The molecule has 1 saturated heterocycles. The number of rotatable bonds is 8. The molecule has 1 aromatic heterocycles. The molecule has 1 aliphatic rings. The Hall–Kier alpha value is -2.25. The monoisotopic (exact) mass is 641 g/mol. The summed E-state index contributed by atoms with van der Waals surface area (Å²) in [4.78, 5) is 20.3. The number of ether oxygens (including phenoxy) is 2. The van der Waals surface area contributed by atoms with Crippen molar-refractivity contribution in [1.29, 1.82) is 0 Å². The molecule has 2 aromatic rings. The van der Waals surface area contributed by atoms with Gasteiger partial charge in [-0.3, -0.25) is 13.2 Å². The van der Waals surface area contributed by atoms with Gasteiger partial charge in [-0.2, -0.15) is 0 Å². The van der Waals surface area contributed by atoms with Crippen LogP contribution in [0.25, 0.3) is 17.3 Å². The van der Waals surface area contributed by atoms with Gasteiger partial charge < -0.3 is 23.7 Å². The summed E-state index contributed by atoms with van der Waals surface area (Å²) < 4.78 is 84.9. The number of aliphatic carboxylic acids is 1. The molecular weight excluding hydrogens is 610 g/mol. The Labute approximate surface area is 260 Å². The molecule has 0 spiro atoms. The molecule has 0 bridgehead atoms. The molecule has 13 nitrogen and oxygen atoms in total. The maximum atomic E-state index is 13.7. The summed E-state index contributed by atoms with van der Waals surface area (Å²) in [6, 6.07) is 5.75. The van der Waals surface area contributed by atoms with Crippen molar-refractivity contribution < 1.29 is 49.7 Å². The van der Waals surface area contributed by atoms with Crippen LogP contribution in [0.5, 0.6) is 0 Å². The summed E-state index contributed by atoms with van der Waals surface area (Å²) in [5, 5.41) is 9.21. The quantitative estimate of drug-likeness (QED) is 0.251. The fraction of sp³-hybridized carbons (Fsp3) is 0.480. The Morgan fingerprint density at radius 2 is 1.71 bits per heavy atom. The number of aromatic nitrogens is 2. The van der Waals surface area contributed by atoms with E-state index in [0.717, 1.165) is 10.6 Å². The van der Waals surface area contributed by atoms with Crippen molar-refractivity contribution in [3.8, 4) is 11.3 Å². The Morgan fingerprint density at radius 3 is 2.19 bits per heavy atom. The van der Waals surface area contributed by atoms with Crippen LogP contribution >= 0.6 is 0 Å². The number of carboxylic acid groups (broad SMARTS) is 1. The number of benzene rings is 1. The van der Waals surface area contributed by atoms with Gasteiger partial charge in [-0.05, 0) is 44.0 Å². The maximum Gasteiger partial charge on any atom is 2.00 e. The molecule has 3 rings (SSSR count). The second kappa shape index (κ2) is 15.0. The van der Waals surface area contributed by atoms with Crippen LogP contribution in [0.3, 0.4) is 0 Å². The summed E-state index contributed by atoms with van der Waals surface area (Å²) in [7, 11) is -7.42. The molecule has 1 aliphatic heterocycles. The van der Waals surface area contributed by atoms with Crippen LogP contribution in [0.1, 0.15) is 57.7 Å².